The molecule has 0 bridgehead atoms. The molecule has 2 N–H and O–H groups in total. The molecule has 0 atom stereocenters. The van der Waals surface area contributed by atoms with E-state index in [0.717, 1.165) is 6.54 Å². The van der Waals surface area contributed by atoms with Crippen molar-refractivity contribution in [2.24, 2.45) is 5.92 Å². The Labute approximate surface area is 71.7 Å². The Kier molecular flexibility index (Phi) is 2.85. The van der Waals surface area contributed by atoms with Crippen LogP contribution in [0.15, 0.2) is 12.4 Å². The molecule has 0 aliphatic carbocycles. The molecule has 0 unspecified atom stereocenters. The highest BCUT2D eigenvalue weighted by Gasteiger charge is 1.97. The SMILES string of the molecule is CC(C)CNc1cc(O)ncn1. The Morgan fingerprint density at radius 3 is 2.83 bits per heavy atom. The fourth-order valence-corrected chi connectivity index (χ4v) is 0.752. The molecule has 4 heteroatoms. The number of hydrogen-bond donors (Lipinski definition) is 2. The average Bonchev–Trinajstić information content (AvgIpc) is 2.01. The first-order valence-corrected chi connectivity index (χ1v) is 3.93. The van der Waals surface area contributed by atoms with Gasteiger partial charge >= 0.3 is 0 Å². The smallest absolute Gasteiger partial charge is 0.215 e. The predicted octanol–water partition coefficient (Wildman–Crippen LogP) is 1.25. The lowest BCUT2D eigenvalue weighted by molar-refractivity contribution is 0.452. The summed E-state index contributed by atoms with van der Waals surface area (Å²) in [6.07, 6.45) is 1.33. The monoisotopic (exact) mass is 167 g/mol. The zero-order valence-electron chi connectivity index (χ0n) is 7.28. The Morgan fingerprint density at radius 1 is 1.50 bits per heavy atom. The second-order valence-corrected chi connectivity index (χ2v) is 3.04. The van der Waals surface area contributed by atoms with E-state index in [-0.39, 0.29) is 5.88 Å². The van der Waals surface area contributed by atoms with Gasteiger partial charge in [-0.3, -0.25) is 0 Å². The highest BCUT2D eigenvalue weighted by atomic mass is 16.3. The van der Waals surface area contributed by atoms with Gasteiger partial charge in [0.05, 0.1) is 0 Å². The number of aromatic nitrogens is 2. The van der Waals surface area contributed by atoms with Gasteiger partial charge in [-0.25, -0.2) is 9.97 Å². The van der Waals surface area contributed by atoms with Gasteiger partial charge in [-0.05, 0) is 5.92 Å². The maximum absolute atomic E-state index is 8.99. The fourth-order valence-electron chi connectivity index (χ4n) is 0.752. The first-order valence-electron chi connectivity index (χ1n) is 3.93. The van der Waals surface area contributed by atoms with E-state index in [1.165, 1.54) is 12.4 Å². The molecule has 0 aliphatic rings. The number of anilines is 1. The van der Waals surface area contributed by atoms with E-state index in [1.807, 2.05) is 0 Å². The Bertz CT molecular complexity index is 250. The Hall–Kier alpha value is -1.32. The van der Waals surface area contributed by atoms with Gasteiger partial charge in [0, 0.05) is 12.6 Å². The van der Waals surface area contributed by atoms with Gasteiger partial charge in [-0.1, -0.05) is 13.8 Å². The molecule has 1 aromatic heterocycles. The Balaban J connectivity index is 2.52. The summed E-state index contributed by atoms with van der Waals surface area (Å²) in [4.78, 5) is 7.50. The van der Waals surface area contributed by atoms with Crippen LogP contribution in [-0.4, -0.2) is 21.6 Å². The molecule has 0 saturated carbocycles. The number of nitrogens with one attached hydrogen (secondary N) is 1. The molecule has 0 saturated heterocycles. The van der Waals surface area contributed by atoms with E-state index in [0.29, 0.717) is 11.7 Å². The van der Waals surface area contributed by atoms with E-state index < -0.39 is 0 Å². The molecule has 12 heavy (non-hydrogen) atoms. The quantitative estimate of drug-likeness (QED) is 0.711. The van der Waals surface area contributed by atoms with Crippen LogP contribution < -0.4 is 5.32 Å². The molecule has 1 heterocycles. The first-order chi connectivity index (χ1) is 5.68. The molecule has 66 valence electrons. The lowest BCUT2D eigenvalue weighted by Crippen LogP contribution is -2.08. The van der Waals surface area contributed by atoms with Crippen molar-refractivity contribution in [3.05, 3.63) is 12.4 Å². The summed E-state index contributed by atoms with van der Waals surface area (Å²) in [5.74, 6) is 1.22. The Morgan fingerprint density at radius 2 is 2.25 bits per heavy atom. The number of nitrogens with zero attached hydrogens (tertiary/aromatic N) is 2. The minimum Gasteiger partial charge on any atom is -0.493 e. The van der Waals surface area contributed by atoms with E-state index in [4.69, 9.17) is 5.11 Å². The standard InChI is InChI=1S/C8H13N3O/c1-6(2)4-9-7-3-8(12)11-5-10-7/h3,5-6H,4H2,1-2H3,(H2,9,10,11,12). The maximum atomic E-state index is 8.99. The van der Waals surface area contributed by atoms with Gasteiger partial charge in [0.25, 0.3) is 0 Å². The summed E-state index contributed by atoms with van der Waals surface area (Å²) in [5, 5.41) is 12.1. The normalized spacial score (nSPS) is 10.2. The molecule has 0 fully saturated rings. The van der Waals surface area contributed by atoms with Crippen molar-refractivity contribution >= 4 is 5.82 Å². The van der Waals surface area contributed by atoms with Crippen molar-refractivity contribution in [2.45, 2.75) is 13.8 Å². The van der Waals surface area contributed by atoms with Crippen molar-refractivity contribution in [3.63, 3.8) is 0 Å². The summed E-state index contributed by atoms with van der Waals surface area (Å²) in [6.45, 7) is 5.05. The second kappa shape index (κ2) is 3.90. The van der Waals surface area contributed by atoms with Crippen molar-refractivity contribution in [1.82, 2.24) is 9.97 Å². The fraction of sp³-hybridized carbons (Fsp3) is 0.500. The van der Waals surface area contributed by atoms with Crippen LogP contribution in [-0.2, 0) is 0 Å². The van der Waals surface area contributed by atoms with Gasteiger partial charge in [0.15, 0.2) is 0 Å². The minimum atomic E-state index is -0.00347. The number of hydrogen-bond acceptors (Lipinski definition) is 4. The maximum Gasteiger partial charge on any atom is 0.215 e. The summed E-state index contributed by atoms with van der Waals surface area (Å²) < 4.78 is 0. The molecule has 4 nitrogen and oxygen atoms in total. The van der Waals surface area contributed by atoms with Crippen molar-refractivity contribution in [3.8, 4) is 5.88 Å². The molecule has 0 aromatic carbocycles. The van der Waals surface area contributed by atoms with Gasteiger partial charge < -0.3 is 10.4 Å². The van der Waals surface area contributed by atoms with Crippen molar-refractivity contribution in [2.75, 3.05) is 11.9 Å². The van der Waals surface area contributed by atoms with E-state index in [9.17, 15) is 0 Å². The summed E-state index contributed by atoms with van der Waals surface area (Å²) in [5.41, 5.74) is 0. The van der Waals surface area contributed by atoms with E-state index in [2.05, 4.69) is 29.1 Å². The second-order valence-electron chi connectivity index (χ2n) is 3.04. The highest BCUT2D eigenvalue weighted by molar-refractivity contribution is 5.36. The molecular weight excluding hydrogens is 154 g/mol. The van der Waals surface area contributed by atoms with Crippen LogP contribution in [0.3, 0.4) is 0 Å². The minimum absolute atomic E-state index is 0.00347. The lowest BCUT2D eigenvalue weighted by Gasteiger charge is -2.06. The molecular formula is C8H13N3O. The van der Waals surface area contributed by atoms with Crippen molar-refractivity contribution in [1.29, 1.82) is 0 Å². The van der Waals surface area contributed by atoms with Crippen LogP contribution in [0, 0.1) is 5.92 Å². The van der Waals surface area contributed by atoms with Gasteiger partial charge in [-0.2, -0.15) is 0 Å². The van der Waals surface area contributed by atoms with Crippen LogP contribution in [0.2, 0.25) is 0 Å². The van der Waals surface area contributed by atoms with Gasteiger partial charge in [-0.15, -0.1) is 0 Å². The van der Waals surface area contributed by atoms with Gasteiger partial charge in [0.2, 0.25) is 5.88 Å². The third kappa shape index (κ3) is 2.74. The average molecular weight is 167 g/mol. The topological polar surface area (TPSA) is 58.0 Å². The number of rotatable bonds is 3. The van der Waals surface area contributed by atoms with Gasteiger partial charge in [0.1, 0.15) is 12.1 Å². The third-order valence-corrected chi connectivity index (χ3v) is 1.34. The molecule has 0 radical (unpaired) electrons. The third-order valence-electron chi connectivity index (χ3n) is 1.34. The van der Waals surface area contributed by atoms with E-state index in [1.54, 1.807) is 0 Å². The van der Waals surface area contributed by atoms with Crippen LogP contribution in [0.25, 0.3) is 0 Å². The van der Waals surface area contributed by atoms with Crippen molar-refractivity contribution < 1.29 is 5.11 Å². The summed E-state index contributed by atoms with van der Waals surface area (Å²) >= 11 is 0. The predicted molar refractivity (Wildman–Crippen MR) is 47.0 cm³/mol. The molecule has 0 spiro atoms. The van der Waals surface area contributed by atoms with Crippen LogP contribution >= 0.6 is 0 Å². The van der Waals surface area contributed by atoms with Crippen LogP contribution in [0.5, 0.6) is 5.88 Å². The van der Waals surface area contributed by atoms with Crippen LogP contribution in [0.1, 0.15) is 13.8 Å². The zero-order chi connectivity index (χ0) is 8.97. The summed E-state index contributed by atoms with van der Waals surface area (Å²) in [6, 6.07) is 1.50. The number of aromatic hydroxyl groups is 1. The molecule has 0 aliphatic heterocycles. The molecule has 1 aromatic rings. The highest BCUT2D eigenvalue weighted by Crippen LogP contribution is 2.08. The molecule has 0 amide bonds. The van der Waals surface area contributed by atoms with Crippen LogP contribution in [0.4, 0.5) is 5.82 Å². The van der Waals surface area contributed by atoms with E-state index >= 15 is 0 Å². The zero-order valence-corrected chi connectivity index (χ0v) is 7.28. The largest absolute Gasteiger partial charge is 0.493 e. The lowest BCUT2D eigenvalue weighted by atomic mass is 10.2. The first kappa shape index (κ1) is 8.77. The summed E-state index contributed by atoms with van der Waals surface area (Å²) in [7, 11) is 0. The molecule has 1 rings (SSSR count).